The molecule has 0 unspecified atom stereocenters. The highest BCUT2D eigenvalue weighted by Crippen LogP contribution is 2.35. The van der Waals surface area contributed by atoms with Crippen molar-refractivity contribution in [2.24, 2.45) is 5.92 Å². The van der Waals surface area contributed by atoms with Crippen LogP contribution in [0.1, 0.15) is 41.6 Å². The number of carbonyl (C=O) groups excluding carboxylic acids is 1. The number of imidazole rings is 1. The summed E-state index contributed by atoms with van der Waals surface area (Å²) >= 11 is 6.52. The molecule has 4 aromatic rings. The van der Waals surface area contributed by atoms with Gasteiger partial charge in [-0.2, -0.15) is 0 Å². The maximum absolute atomic E-state index is 13.2. The normalized spacial score (nSPS) is 16.0. The Hall–Kier alpha value is -3.62. The summed E-state index contributed by atoms with van der Waals surface area (Å²) in [6, 6.07) is 11.7. The number of likely N-dealkylation sites (tertiary alicyclic amines) is 1. The van der Waals surface area contributed by atoms with Crippen molar-refractivity contribution in [2.45, 2.75) is 38.7 Å². The van der Waals surface area contributed by atoms with Gasteiger partial charge in [0.05, 0.1) is 23.0 Å². The zero-order valence-electron chi connectivity index (χ0n) is 22.3. The lowest BCUT2D eigenvalue weighted by Crippen LogP contribution is -2.40. The van der Waals surface area contributed by atoms with Gasteiger partial charge in [0.15, 0.2) is 11.5 Å². The van der Waals surface area contributed by atoms with Gasteiger partial charge in [-0.25, -0.2) is 9.97 Å². The molecule has 1 aliphatic carbocycles. The van der Waals surface area contributed by atoms with Gasteiger partial charge >= 0.3 is 0 Å². The van der Waals surface area contributed by atoms with Gasteiger partial charge in [0.2, 0.25) is 0 Å². The number of anilines is 2. The van der Waals surface area contributed by atoms with Crippen molar-refractivity contribution >= 4 is 34.7 Å². The third kappa shape index (κ3) is 5.44. The maximum atomic E-state index is 13.2. The second-order valence-corrected chi connectivity index (χ2v) is 10.9. The van der Waals surface area contributed by atoms with E-state index in [0.717, 1.165) is 79.1 Å². The largest absolute Gasteiger partial charge is 0.489 e. The van der Waals surface area contributed by atoms with E-state index in [-0.39, 0.29) is 5.91 Å². The third-order valence-corrected chi connectivity index (χ3v) is 7.88. The molecule has 1 amide bonds. The number of carbonyl (C=O) groups is 1. The number of nitrogens with one attached hydrogen (secondary N) is 2. The van der Waals surface area contributed by atoms with Crippen LogP contribution in [0.15, 0.2) is 55.0 Å². The average molecular weight is 545 g/mol. The summed E-state index contributed by atoms with van der Waals surface area (Å²) in [6.07, 6.45) is 10.00. The number of rotatable bonds is 8. The molecule has 2 aromatic carbocycles. The second-order valence-electron chi connectivity index (χ2n) is 10.5. The lowest BCUT2D eigenvalue weighted by molar-refractivity contribution is 0.0690. The van der Waals surface area contributed by atoms with E-state index in [2.05, 4.69) is 20.6 Å². The summed E-state index contributed by atoms with van der Waals surface area (Å²) in [4.78, 5) is 24.4. The van der Waals surface area contributed by atoms with Crippen molar-refractivity contribution in [2.75, 3.05) is 32.0 Å². The fourth-order valence-electron chi connectivity index (χ4n) is 5.26. The minimum atomic E-state index is 0.104. The van der Waals surface area contributed by atoms with E-state index in [1.807, 2.05) is 72.1 Å². The molecular weight excluding hydrogens is 512 g/mol. The van der Waals surface area contributed by atoms with Gasteiger partial charge in [-0.1, -0.05) is 11.6 Å². The Morgan fingerprint density at radius 1 is 1.10 bits per heavy atom. The number of ether oxygens (including phenoxy) is 1. The van der Waals surface area contributed by atoms with Crippen LogP contribution >= 0.6 is 11.6 Å². The molecule has 0 atom stereocenters. The standard InChI is InChI=1S/C30H33ClN6O2/c1-19-15-22(4-7-24(19)30(38)36-12-9-20(10-13-36)17-32-2)35-28-29-34-18-26(37(29)14-11-33-28)21-3-8-27(25(31)16-21)39-23-5-6-23/h3-4,7-8,11,14-16,18,20,23,32H,5-6,9-10,12-13,17H2,1-2H3,(H,33,35). The molecule has 1 saturated carbocycles. The summed E-state index contributed by atoms with van der Waals surface area (Å²) in [6.45, 7) is 4.60. The summed E-state index contributed by atoms with van der Waals surface area (Å²) in [7, 11) is 1.98. The lowest BCUT2D eigenvalue weighted by atomic mass is 9.96. The Kier molecular flexibility index (Phi) is 7.14. The summed E-state index contributed by atoms with van der Waals surface area (Å²) in [5, 5.41) is 7.24. The van der Waals surface area contributed by atoms with Gasteiger partial charge in [-0.15, -0.1) is 0 Å². The Labute approximate surface area is 233 Å². The summed E-state index contributed by atoms with van der Waals surface area (Å²) in [5.41, 5.74) is 5.08. The Balaban J connectivity index is 1.19. The van der Waals surface area contributed by atoms with Crippen LogP contribution in [0.25, 0.3) is 16.9 Å². The summed E-state index contributed by atoms with van der Waals surface area (Å²) < 4.78 is 7.87. The number of piperidine rings is 1. The van der Waals surface area contributed by atoms with Crippen LogP contribution in [0, 0.1) is 12.8 Å². The maximum Gasteiger partial charge on any atom is 0.254 e. The van der Waals surface area contributed by atoms with E-state index in [1.165, 1.54) is 0 Å². The molecule has 0 bridgehead atoms. The molecule has 6 rings (SSSR count). The molecule has 202 valence electrons. The first kappa shape index (κ1) is 25.6. The molecule has 8 nitrogen and oxygen atoms in total. The molecule has 1 aliphatic heterocycles. The van der Waals surface area contributed by atoms with Gasteiger partial charge in [-0.3, -0.25) is 9.20 Å². The van der Waals surface area contributed by atoms with Gasteiger partial charge in [-0.05, 0) is 94.1 Å². The molecular formula is C30H33ClN6O2. The highest BCUT2D eigenvalue weighted by molar-refractivity contribution is 6.32. The quantitative estimate of drug-likeness (QED) is 0.295. The molecule has 2 aromatic heterocycles. The molecule has 0 radical (unpaired) electrons. The number of hydrogen-bond donors (Lipinski definition) is 2. The number of nitrogens with zero attached hydrogens (tertiary/aromatic N) is 4. The number of aryl methyl sites for hydroxylation is 1. The van der Waals surface area contributed by atoms with Gasteiger partial charge in [0.25, 0.3) is 5.91 Å². The van der Waals surface area contributed by atoms with Crippen molar-refractivity contribution in [1.82, 2.24) is 24.6 Å². The Morgan fingerprint density at radius 2 is 1.92 bits per heavy atom. The van der Waals surface area contributed by atoms with Crippen LogP contribution in [0.5, 0.6) is 5.75 Å². The van der Waals surface area contributed by atoms with Crippen molar-refractivity contribution in [3.05, 3.63) is 71.1 Å². The fraction of sp³-hybridized carbons (Fsp3) is 0.367. The van der Waals surface area contributed by atoms with Crippen molar-refractivity contribution in [1.29, 1.82) is 0 Å². The molecule has 39 heavy (non-hydrogen) atoms. The van der Waals surface area contributed by atoms with E-state index >= 15 is 0 Å². The first-order valence-electron chi connectivity index (χ1n) is 13.6. The molecule has 2 N–H and O–H groups in total. The molecule has 1 saturated heterocycles. The second kappa shape index (κ2) is 10.9. The van der Waals surface area contributed by atoms with E-state index in [0.29, 0.717) is 28.5 Å². The number of benzene rings is 2. The third-order valence-electron chi connectivity index (χ3n) is 7.59. The summed E-state index contributed by atoms with van der Waals surface area (Å²) in [5.74, 6) is 2.10. The lowest BCUT2D eigenvalue weighted by Gasteiger charge is -2.32. The smallest absolute Gasteiger partial charge is 0.254 e. The first-order chi connectivity index (χ1) is 19.0. The topological polar surface area (TPSA) is 83.8 Å². The van der Waals surface area contributed by atoms with Crippen LogP contribution in [0.2, 0.25) is 5.02 Å². The molecule has 2 aliphatic rings. The number of amides is 1. The van der Waals surface area contributed by atoms with Crippen molar-refractivity contribution in [3.63, 3.8) is 0 Å². The minimum Gasteiger partial charge on any atom is -0.489 e. The van der Waals surface area contributed by atoms with Crippen LogP contribution in [-0.2, 0) is 0 Å². The molecule has 9 heteroatoms. The van der Waals surface area contributed by atoms with Crippen molar-refractivity contribution in [3.8, 4) is 17.0 Å². The van der Waals surface area contributed by atoms with Crippen LogP contribution in [0.4, 0.5) is 11.5 Å². The first-order valence-corrected chi connectivity index (χ1v) is 14.0. The fourth-order valence-corrected chi connectivity index (χ4v) is 5.48. The number of fused-ring (bicyclic) bond motifs is 1. The molecule has 3 heterocycles. The monoisotopic (exact) mass is 544 g/mol. The van der Waals surface area contributed by atoms with Gasteiger partial charge < -0.3 is 20.3 Å². The highest BCUT2D eigenvalue weighted by atomic mass is 35.5. The van der Waals surface area contributed by atoms with E-state index < -0.39 is 0 Å². The van der Waals surface area contributed by atoms with Crippen LogP contribution in [0.3, 0.4) is 0 Å². The van der Waals surface area contributed by atoms with E-state index in [4.69, 9.17) is 16.3 Å². The minimum absolute atomic E-state index is 0.104. The Morgan fingerprint density at radius 3 is 2.64 bits per heavy atom. The highest BCUT2D eigenvalue weighted by Gasteiger charge is 2.25. The van der Waals surface area contributed by atoms with Crippen LogP contribution in [-0.4, -0.2) is 58.0 Å². The van der Waals surface area contributed by atoms with E-state index in [9.17, 15) is 4.79 Å². The number of halogens is 1. The Bertz CT molecular complexity index is 1510. The van der Waals surface area contributed by atoms with E-state index in [1.54, 1.807) is 6.20 Å². The zero-order chi connectivity index (χ0) is 26.9. The van der Waals surface area contributed by atoms with Gasteiger partial charge in [0.1, 0.15) is 5.75 Å². The molecule has 0 spiro atoms. The molecule has 2 fully saturated rings. The van der Waals surface area contributed by atoms with Gasteiger partial charge in [0, 0.05) is 42.3 Å². The zero-order valence-corrected chi connectivity index (χ0v) is 23.0. The predicted molar refractivity (Wildman–Crippen MR) is 154 cm³/mol. The number of hydrogen-bond acceptors (Lipinski definition) is 6. The van der Waals surface area contributed by atoms with Crippen LogP contribution < -0.4 is 15.4 Å². The van der Waals surface area contributed by atoms with Crippen molar-refractivity contribution < 1.29 is 9.53 Å². The number of aromatic nitrogens is 3. The SMILES string of the molecule is CNCC1CCN(C(=O)c2ccc(Nc3nccn4c(-c5ccc(OC6CC6)c(Cl)c5)cnc34)cc2C)CC1. The predicted octanol–water partition coefficient (Wildman–Crippen LogP) is 5.71. The average Bonchev–Trinajstić information content (AvgIpc) is 3.65.